The second kappa shape index (κ2) is 2.55. The third-order valence-corrected chi connectivity index (χ3v) is 2.56. The van der Waals surface area contributed by atoms with Crippen molar-refractivity contribution < 1.29 is 0 Å². The van der Waals surface area contributed by atoms with Crippen molar-refractivity contribution in [2.24, 2.45) is 5.92 Å². The van der Waals surface area contributed by atoms with E-state index in [-0.39, 0.29) is 0 Å². The van der Waals surface area contributed by atoms with Crippen LogP contribution in [0.2, 0.25) is 0 Å². The van der Waals surface area contributed by atoms with Crippen molar-refractivity contribution in [2.75, 3.05) is 0 Å². The Morgan fingerprint density at radius 2 is 2.46 bits per heavy atom. The maximum absolute atomic E-state index is 4.06. The molecule has 1 aliphatic rings. The third-order valence-electron chi connectivity index (χ3n) is 2.56. The minimum absolute atomic E-state index is 0.874. The number of hydrogen-bond acceptors (Lipinski definition) is 2. The number of aromatic nitrogens is 3. The molecule has 0 atom stereocenters. The van der Waals surface area contributed by atoms with E-state index in [9.17, 15) is 0 Å². The first-order chi connectivity index (χ1) is 6.43. The highest BCUT2D eigenvalue weighted by Gasteiger charge is 2.22. The second-order valence-corrected chi connectivity index (χ2v) is 3.68. The minimum Gasteiger partial charge on any atom is -0.258 e. The predicted molar refractivity (Wildman–Crippen MR) is 49.2 cm³/mol. The van der Waals surface area contributed by atoms with Crippen LogP contribution in [-0.2, 0) is 6.42 Å². The van der Waals surface area contributed by atoms with Crippen molar-refractivity contribution in [3.8, 4) is 0 Å². The van der Waals surface area contributed by atoms with E-state index in [1.165, 1.54) is 18.4 Å². The number of hydrogen-bond donors (Lipinski definition) is 1. The second-order valence-electron chi connectivity index (χ2n) is 3.68. The summed E-state index contributed by atoms with van der Waals surface area (Å²) in [7, 11) is 0. The molecular weight excluding hydrogens is 162 g/mol. The summed E-state index contributed by atoms with van der Waals surface area (Å²) in [6.07, 6.45) is 3.84. The van der Waals surface area contributed by atoms with Gasteiger partial charge in [0.15, 0.2) is 0 Å². The summed E-state index contributed by atoms with van der Waals surface area (Å²) in [5.74, 6) is 0.874. The van der Waals surface area contributed by atoms with E-state index in [0.29, 0.717) is 0 Å². The molecule has 0 amide bonds. The lowest BCUT2D eigenvalue weighted by molar-refractivity contribution is 0.834. The van der Waals surface area contributed by atoms with Crippen LogP contribution in [0.15, 0.2) is 12.1 Å². The Balaban J connectivity index is 2.09. The molecule has 3 rings (SSSR count). The Morgan fingerprint density at radius 1 is 1.54 bits per heavy atom. The lowest BCUT2D eigenvalue weighted by Gasteiger charge is -1.97. The van der Waals surface area contributed by atoms with E-state index in [2.05, 4.69) is 21.5 Å². The highest BCUT2D eigenvalue weighted by Crippen LogP contribution is 2.33. The van der Waals surface area contributed by atoms with Gasteiger partial charge < -0.3 is 0 Å². The molecule has 65 valence electrons. The molecule has 0 spiro atoms. The van der Waals surface area contributed by atoms with Crippen LogP contribution in [0.25, 0.3) is 11.0 Å². The predicted octanol–water partition coefficient (Wildman–Crippen LogP) is 1.71. The van der Waals surface area contributed by atoms with Crippen LogP contribution in [0.1, 0.15) is 18.4 Å². The van der Waals surface area contributed by atoms with Gasteiger partial charge in [0, 0.05) is 0 Å². The summed E-state index contributed by atoms with van der Waals surface area (Å²) in [5, 5.41) is 10.7. The number of fused-ring (bicyclic) bond motifs is 1. The molecule has 1 N–H and O–H groups in total. The van der Waals surface area contributed by atoms with Crippen LogP contribution in [0, 0.1) is 12.0 Å². The maximum Gasteiger partial charge on any atom is 0.116 e. The van der Waals surface area contributed by atoms with Crippen LogP contribution >= 0.6 is 0 Å². The third kappa shape index (κ3) is 1.20. The number of rotatable bonds is 2. The highest BCUT2D eigenvalue weighted by molar-refractivity contribution is 5.76. The maximum atomic E-state index is 4.06. The fourth-order valence-corrected chi connectivity index (χ4v) is 1.64. The Bertz CT molecular complexity index is 428. The Kier molecular flexibility index (Phi) is 1.39. The summed E-state index contributed by atoms with van der Waals surface area (Å²) in [5.41, 5.74) is 3.23. The highest BCUT2D eigenvalue weighted by atomic mass is 15.3. The van der Waals surface area contributed by atoms with Gasteiger partial charge in [-0.1, -0.05) is 11.3 Å². The Labute approximate surface area is 76.2 Å². The molecule has 1 aromatic heterocycles. The molecule has 1 aromatic carbocycles. The molecule has 3 heteroatoms. The van der Waals surface area contributed by atoms with Gasteiger partial charge in [-0.05, 0) is 42.9 Å². The SMILES string of the molecule is [c]1ccc2[nH]nnc2c1CC1CC1. The Morgan fingerprint density at radius 3 is 3.31 bits per heavy atom. The van der Waals surface area contributed by atoms with Crippen molar-refractivity contribution in [1.82, 2.24) is 15.4 Å². The quantitative estimate of drug-likeness (QED) is 0.749. The van der Waals surface area contributed by atoms with E-state index in [4.69, 9.17) is 0 Å². The van der Waals surface area contributed by atoms with E-state index in [1.54, 1.807) is 0 Å². The van der Waals surface area contributed by atoms with Gasteiger partial charge in [0.2, 0.25) is 0 Å². The molecule has 2 aromatic rings. The van der Waals surface area contributed by atoms with Crippen molar-refractivity contribution in [2.45, 2.75) is 19.3 Å². The summed E-state index contributed by atoms with van der Waals surface area (Å²) < 4.78 is 0. The Hall–Kier alpha value is -1.38. The first-order valence-corrected chi connectivity index (χ1v) is 4.64. The molecular formula is C10H10N3. The largest absolute Gasteiger partial charge is 0.258 e. The summed E-state index contributed by atoms with van der Waals surface area (Å²) in [6.45, 7) is 0. The van der Waals surface area contributed by atoms with Crippen LogP contribution in [0.4, 0.5) is 0 Å². The first kappa shape index (κ1) is 7.06. The zero-order chi connectivity index (χ0) is 8.67. The zero-order valence-electron chi connectivity index (χ0n) is 7.25. The molecule has 3 nitrogen and oxygen atoms in total. The van der Waals surface area contributed by atoms with E-state index >= 15 is 0 Å². The normalized spacial score (nSPS) is 16.6. The van der Waals surface area contributed by atoms with Crippen molar-refractivity contribution in [1.29, 1.82) is 0 Å². The number of nitrogens with one attached hydrogen (secondary N) is 1. The number of nitrogens with zero attached hydrogens (tertiary/aromatic N) is 2. The number of H-pyrrole nitrogens is 1. The van der Waals surface area contributed by atoms with Crippen molar-refractivity contribution in [3.63, 3.8) is 0 Å². The zero-order valence-corrected chi connectivity index (χ0v) is 7.25. The molecule has 1 heterocycles. The number of aromatic amines is 1. The average Bonchev–Trinajstić information content (AvgIpc) is 2.83. The summed E-state index contributed by atoms with van der Waals surface area (Å²) in [4.78, 5) is 0. The molecule has 0 aliphatic heterocycles. The number of benzene rings is 1. The standard InChI is InChI=1S/C10H10N3/c1-2-8(6-7-4-5-7)10-9(3-1)11-13-12-10/h1,3,7H,4-6H2,(H,11,12,13). The monoisotopic (exact) mass is 172 g/mol. The molecule has 1 fully saturated rings. The molecule has 13 heavy (non-hydrogen) atoms. The van der Waals surface area contributed by atoms with Crippen LogP contribution < -0.4 is 0 Å². The van der Waals surface area contributed by atoms with Gasteiger partial charge in [-0.25, -0.2) is 0 Å². The van der Waals surface area contributed by atoms with Gasteiger partial charge in [0.25, 0.3) is 0 Å². The molecule has 1 aliphatic carbocycles. The molecule has 0 unspecified atom stereocenters. The van der Waals surface area contributed by atoms with Gasteiger partial charge in [0.1, 0.15) is 5.52 Å². The topological polar surface area (TPSA) is 41.6 Å². The first-order valence-electron chi connectivity index (χ1n) is 4.64. The van der Waals surface area contributed by atoms with Gasteiger partial charge in [-0.3, -0.25) is 5.10 Å². The van der Waals surface area contributed by atoms with Gasteiger partial charge in [-0.15, -0.1) is 5.10 Å². The fourth-order valence-electron chi connectivity index (χ4n) is 1.64. The molecule has 0 bridgehead atoms. The van der Waals surface area contributed by atoms with Crippen LogP contribution in [0.3, 0.4) is 0 Å². The van der Waals surface area contributed by atoms with Crippen LogP contribution in [-0.4, -0.2) is 15.4 Å². The molecule has 1 radical (unpaired) electrons. The lowest BCUT2D eigenvalue weighted by Crippen LogP contribution is -1.88. The summed E-state index contributed by atoms with van der Waals surface area (Å²) in [6, 6.07) is 7.15. The minimum atomic E-state index is 0.874. The molecule has 1 saturated carbocycles. The lowest BCUT2D eigenvalue weighted by atomic mass is 10.1. The van der Waals surface area contributed by atoms with Gasteiger partial charge in [0.05, 0.1) is 5.52 Å². The average molecular weight is 172 g/mol. The molecule has 0 saturated heterocycles. The summed E-state index contributed by atoms with van der Waals surface area (Å²) >= 11 is 0. The van der Waals surface area contributed by atoms with Crippen LogP contribution in [0.5, 0.6) is 0 Å². The van der Waals surface area contributed by atoms with E-state index in [0.717, 1.165) is 23.4 Å². The van der Waals surface area contributed by atoms with Gasteiger partial charge in [-0.2, -0.15) is 0 Å². The fraction of sp³-hybridized carbons (Fsp3) is 0.400. The smallest absolute Gasteiger partial charge is 0.116 e. The van der Waals surface area contributed by atoms with Gasteiger partial charge >= 0.3 is 0 Å². The van der Waals surface area contributed by atoms with E-state index in [1.807, 2.05) is 12.1 Å². The van der Waals surface area contributed by atoms with Crippen molar-refractivity contribution >= 4 is 11.0 Å². The van der Waals surface area contributed by atoms with E-state index < -0.39 is 0 Å². The van der Waals surface area contributed by atoms with Crippen molar-refractivity contribution in [3.05, 3.63) is 23.8 Å².